The van der Waals surface area contributed by atoms with Gasteiger partial charge in [0.25, 0.3) is 0 Å². The van der Waals surface area contributed by atoms with Crippen molar-refractivity contribution in [2.24, 2.45) is 0 Å². The molecule has 0 aliphatic heterocycles. The van der Waals surface area contributed by atoms with Gasteiger partial charge in [-0.05, 0) is 11.4 Å². The summed E-state index contributed by atoms with van der Waals surface area (Å²) in [4.78, 5) is 15.3. The van der Waals surface area contributed by atoms with Gasteiger partial charge in [-0.3, -0.25) is 0 Å². The lowest BCUT2D eigenvalue weighted by atomic mass is 10.4. The number of hydrogen-bond acceptors (Lipinski definition) is 4. The Hall–Kier alpha value is -1.42. The van der Waals surface area contributed by atoms with Crippen LogP contribution in [0.15, 0.2) is 28.2 Å². The van der Waals surface area contributed by atoms with Crippen molar-refractivity contribution < 1.29 is 9.21 Å². The van der Waals surface area contributed by atoms with Crippen LogP contribution in [0.25, 0.3) is 10.8 Å². The molecule has 0 aliphatic rings. The topological polar surface area (TPSA) is 43.1 Å². The molecule has 2 aromatic rings. The quantitative estimate of drug-likeness (QED) is 0.701. The number of carbonyl (C=O) groups is 1. The van der Waals surface area contributed by atoms with Gasteiger partial charge in [0.15, 0.2) is 0 Å². The Balaban J connectivity index is 2.28. The van der Waals surface area contributed by atoms with Gasteiger partial charge in [0.2, 0.25) is 5.89 Å². The van der Waals surface area contributed by atoms with Crippen LogP contribution in [0.4, 0.5) is 0 Å². The number of rotatable bonds is 3. The first-order valence-electron chi connectivity index (χ1n) is 3.82. The summed E-state index contributed by atoms with van der Waals surface area (Å²) in [5.74, 6) is 0.590. The van der Waals surface area contributed by atoms with Crippen LogP contribution >= 0.6 is 11.3 Å². The van der Waals surface area contributed by atoms with E-state index in [1.807, 2.05) is 17.5 Å². The Morgan fingerprint density at radius 3 is 3.23 bits per heavy atom. The zero-order chi connectivity index (χ0) is 9.10. The first kappa shape index (κ1) is 8.19. The van der Waals surface area contributed by atoms with Gasteiger partial charge in [-0.2, -0.15) is 0 Å². The molecule has 0 saturated carbocycles. The average Bonchev–Trinajstić information content (AvgIpc) is 2.70. The van der Waals surface area contributed by atoms with Crippen LogP contribution < -0.4 is 0 Å². The van der Waals surface area contributed by atoms with E-state index in [1.54, 1.807) is 11.3 Å². The number of oxazole rings is 1. The molecule has 3 nitrogen and oxygen atoms in total. The van der Waals surface area contributed by atoms with Crippen LogP contribution in [0, 0.1) is 0 Å². The predicted octanol–water partition coefficient (Wildman–Crippen LogP) is 2.14. The van der Waals surface area contributed by atoms with Gasteiger partial charge in [-0.1, -0.05) is 6.07 Å². The minimum absolute atomic E-state index is 0.314. The Kier molecular flexibility index (Phi) is 2.23. The standard InChI is InChI=1S/C9H7NO2S/c11-4-3-7-6-12-9(10-7)8-2-1-5-13-8/h1-2,4-6H,3H2. The molecule has 0 aromatic carbocycles. The highest BCUT2D eigenvalue weighted by Crippen LogP contribution is 2.23. The van der Waals surface area contributed by atoms with Gasteiger partial charge in [0, 0.05) is 6.42 Å². The van der Waals surface area contributed by atoms with Gasteiger partial charge < -0.3 is 9.21 Å². The highest BCUT2D eigenvalue weighted by Gasteiger charge is 2.06. The molecular weight excluding hydrogens is 186 g/mol. The van der Waals surface area contributed by atoms with E-state index in [1.165, 1.54) is 6.26 Å². The minimum atomic E-state index is 0.314. The molecule has 0 radical (unpaired) electrons. The number of aromatic nitrogens is 1. The van der Waals surface area contributed by atoms with Crippen LogP contribution in [0.1, 0.15) is 5.69 Å². The average molecular weight is 193 g/mol. The second-order valence-corrected chi connectivity index (χ2v) is 3.44. The SMILES string of the molecule is O=CCc1coc(-c2cccs2)n1. The molecule has 0 saturated heterocycles. The number of hydrogen-bond donors (Lipinski definition) is 0. The molecule has 13 heavy (non-hydrogen) atoms. The van der Waals surface area contributed by atoms with Gasteiger partial charge >= 0.3 is 0 Å². The van der Waals surface area contributed by atoms with E-state index in [-0.39, 0.29) is 0 Å². The summed E-state index contributed by atoms with van der Waals surface area (Å²) in [6, 6.07) is 3.87. The lowest BCUT2D eigenvalue weighted by Gasteiger charge is -1.84. The van der Waals surface area contributed by atoms with Crippen molar-refractivity contribution in [1.29, 1.82) is 0 Å². The molecule has 4 heteroatoms. The molecule has 66 valence electrons. The molecule has 2 aromatic heterocycles. The molecule has 0 aliphatic carbocycles. The van der Waals surface area contributed by atoms with E-state index in [4.69, 9.17) is 4.42 Å². The second kappa shape index (κ2) is 3.53. The summed E-state index contributed by atoms with van der Waals surface area (Å²) in [6.45, 7) is 0. The monoisotopic (exact) mass is 193 g/mol. The van der Waals surface area contributed by atoms with Crippen molar-refractivity contribution in [3.63, 3.8) is 0 Å². The molecule has 0 fully saturated rings. The van der Waals surface area contributed by atoms with Gasteiger partial charge in [-0.25, -0.2) is 4.98 Å². The van der Waals surface area contributed by atoms with E-state index in [0.717, 1.165) is 11.2 Å². The van der Waals surface area contributed by atoms with Crippen LogP contribution in [0.3, 0.4) is 0 Å². The normalized spacial score (nSPS) is 10.2. The van der Waals surface area contributed by atoms with Gasteiger partial charge in [0.05, 0.1) is 10.6 Å². The molecule has 0 spiro atoms. The van der Waals surface area contributed by atoms with Crippen molar-refractivity contribution in [2.75, 3.05) is 0 Å². The maximum Gasteiger partial charge on any atom is 0.236 e. The van der Waals surface area contributed by atoms with Gasteiger partial charge in [0.1, 0.15) is 12.5 Å². The molecule has 2 rings (SSSR count). The largest absolute Gasteiger partial charge is 0.444 e. The first-order chi connectivity index (χ1) is 6.40. The Bertz CT molecular complexity index is 391. The van der Waals surface area contributed by atoms with Crippen molar-refractivity contribution in [3.05, 3.63) is 29.5 Å². The molecule has 0 N–H and O–H groups in total. The lowest BCUT2D eigenvalue weighted by molar-refractivity contribution is -0.107. The fraction of sp³-hybridized carbons (Fsp3) is 0.111. The van der Waals surface area contributed by atoms with E-state index in [0.29, 0.717) is 18.0 Å². The third-order valence-corrected chi connectivity index (χ3v) is 2.43. The summed E-state index contributed by atoms with van der Waals surface area (Å²) < 4.78 is 5.20. The summed E-state index contributed by atoms with van der Waals surface area (Å²) in [7, 11) is 0. The van der Waals surface area contributed by atoms with Crippen molar-refractivity contribution in [2.45, 2.75) is 6.42 Å². The third kappa shape index (κ3) is 1.67. The lowest BCUT2D eigenvalue weighted by Crippen LogP contribution is -1.84. The molecule has 0 bridgehead atoms. The highest BCUT2D eigenvalue weighted by atomic mass is 32.1. The van der Waals surface area contributed by atoms with Crippen LogP contribution in [-0.2, 0) is 11.2 Å². The Labute approximate surface area is 79.0 Å². The number of thiophene rings is 1. The van der Waals surface area contributed by atoms with Crippen LogP contribution in [0.5, 0.6) is 0 Å². The fourth-order valence-corrected chi connectivity index (χ4v) is 1.65. The predicted molar refractivity (Wildman–Crippen MR) is 49.6 cm³/mol. The maximum absolute atomic E-state index is 10.2. The van der Waals surface area contributed by atoms with E-state index in [2.05, 4.69) is 4.98 Å². The van der Waals surface area contributed by atoms with Crippen LogP contribution in [-0.4, -0.2) is 11.3 Å². The molecular formula is C9H7NO2S. The smallest absolute Gasteiger partial charge is 0.236 e. The summed E-state index contributed by atoms with van der Waals surface area (Å²) in [6.07, 6.45) is 2.65. The summed E-state index contributed by atoms with van der Waals surface area (Å²) >= 11 is 1.56. The maximum atomic E-state index is 10.2. The Morgan fingerprint density at radius 2 is 2.54 bits per heavy atom. The molecule has 2 heterocycles. The molecule has 0 amide bonds. The van der Waals surface area contributed by atoms with Crippen molar-refractivity contribution in [3.8, 4) is 10.8 Å². The fourth-order valence-electron chi connectivity index (χ4n) is 1.000. The number of aldehydes is 1. The molecule has 0 atom stereocenters. The van der Waals surface area contributed by atoms with E-state index < -0.39 is 0 Å². The molecule has 0 unspecified atom stereocenters. The van der Waals surface area contributed by atoms with Crippen molar-refractivity contribution in [1.82, 2.24) is 4.98 Å². The van der Waals surface area contributed by atoms with E-state index >= 15 is 0 Å². The minimum Gasteiger partial charge on any atom is -0.444 e. The zero-order valence-electron chi connectivity index (χ0n) is 6.77. The van der Waals surface area contributed by atoms with Crippen molar-refractivity contribution >= 4 is 17.6 Å². The first-order valence-corrected chi connectivity index (χ1v) is 4.70. The van der Waals surface area contributed by atoms with Crippen LogP contribution in [0.2, 0.25) is 0 Å². The highest BCUT2D eigenvalue weighted by molar-refractivity contribution is 7.13. The third-order valence-electron chi connectivity index (χ3n) is 1.58. The number of carbonyl (C=O) groups excluding carboxylic acids is 1. The Morgan fingerprint density at radius 1 is 1.62 bits per heavy atom. The number of nitrogens with zero attached hydrogens (tertiary/aromatic N) is 1. The zero-order valence-corrected chi connectivity index (χ0v) is 7.58. The van der Waals surface area contributed by atoms with E-state index in [9.17, 15) is 4.79 Å². The second-order valence-electron chi connectivity index (χ2n) is 2.49. The van der Waals surface area contributed by atoms with Gasteiger partial charge in [-0.15, -0.1) is 11.3 Å². The summed E-state index contributed by atoms with van der Waals surface area (Å²) in [5, 5.41) is 1.96. The summed E-state index contributed by atoms with van der Waals surface area (Å²) in [5.41, 5.74) is 0.679.